The van der Waals surface area contributed by atoms with Crippen LogP contribution in [-0.2, 0) is 6.42 Å². The molecule has 1 aromatic heterocycles. The van der Waals surface area contributed by atoms with Crippen LogP contribution in [0, 0.1) is 11.6 Å². The van der Waals surface area contributed by atoms with Crippen LogP contribution in [0.5, 0.6) is 5.75 Å². The minimum atomic E-state index is -1.12. The highest BCUT2D eigenvalue weighted by molar-refractivity contribution is 5.99. The molecule has 3 rings (SSSR count). The predicted molar refractivity (Wildman–Crippen MR) is 108 cm³/mol. The zero-order chi connectivity index (χ0) is 20.8. The van der Waals surface area contributed by atoms with E-state index in [4.69, 9.17) is 4.74 Å². The molecule has 0 aliphatic carbocycles. The minimum absolute atomic E-state index is 0.249. The van der Waals surface area contributed by atoms with Crippen molar-refractivity contribution in [3.63, 3.8) is 0 Å². The molecule has 8 heteroatoms. The van der Waals surface area contributed by atoms with Crippen molar-refractivity contribution in [2.45, 2.75) is 26.2 Å². The van der Waals surface area contributed by atoms with Gasteiger partial charge < -0.3 is 10.1 Å². The van der Waals surface area contributed by atoms with Crippen molar-refractivity contribution >= 4 is 17.5 Å². The second-order valence-electron chi connectivity index (χ2n) is 6.42. The average molecular weight is 400 g/mol. The molecule has 152 valence electrons. The molecule has 0 saturated carbocycles. The van der Waals surface area contributed by atoms with Crippen LogP contribution in [0.1, 0.15) is 25.5 Å². The number of anilines is 2. The van der Waals surface area contributed by atoms with E-state index in [-0.39, 0.29) is 5.69 Å². The van der Waals surface area contributed by atoms with Gasteiger partial charge in [0.15, 0.2) is 11.6 Å². The van der Waals surface area contributed by atoms with Gasteiger partial charge in [-0.05, 0) is 37.1 Å². The molecular weight excluding hydrogens is 378 g/mol. The van der Waals surface area contributed by atoms with E-state index in [1.165, 1.54) is 12.1 Å². The maximum atomic E-state index is 13.8. The van der Waals surface area contributed by atoms with Crippen LogP contribution in [0.15, 0.2) is 48.5 Å². The highest BCUT2D eigenvalue weighted by Crippen LogP contribution is 2.23. The number of hydrogen-bond acceptors (Lipinski definition) is 3. The topological polar surface area (TPSA) is 68.2 Å². The summed E-state index contributed by atoms with van der Waals surface area (Å²) in [5, 5.41) is 9.55. The molecule has 0 atom stereocenters. The first-order chi connectivity index (χ1) is 14.0. The fourth-order valence-electron chi connectivity index (χ4n) is 2.81. The fourth-order valence-corrected chi connectivity index (χ4v) is 2.81. The van der Waals surface area contributed by atoms with Crippen LogP contribution >= 0.6 is 0 Å². The highest BCUT2D eigenvalue weighted by atomic mass is 19.2. The van der Waals surface area contributed by atoms with E-state index in [0.29, 0.717) is 17.3 Å². The molecule has 2 amide bonds. The summed E-state index contributed by atoms with van der Waals surface area (Å²) in [5.41, 5.74) is 1.25. The number of rotatable bonds is 7. The summed E-state index contributed by atoms with van der Waals surface area (Å²) in [6, 6.07) is 11.9. The van der Waals surface area contributed by atoms with Gasteiger partial charge in [-0.15, -0.1) is 0 Å². The number of methoxy groups -OCH3 is 1. The van der Waals surface area contributed by atoms with E-state index >= 15 is 0 Å². The van der Waals surface area contributed by atoms with Crippen molar-refractivity contribution in [3.05, 3.63) is 65.9 Å². The highest BCUT2D eigenvalue weighted by Gasteiger charge is 2.15. The summed E-state index contributed by atoms with van der Waals surface area (Å²) < 4.78 is 34.0. The summed E-state index contributed by atoms with van der Waals surface area (Å²) in [6.45, 7) is 2.08. The summed E-state index contributed by atoms with van der Waals surface area (Å²) in [7, 11) is 1.56. The smallest absolute Gasteiger partial charge is 0.324 e. The zero-order valence-corrected chi connectivity index (χ0v) is 16.2. The molecule has 29 heavy (non-hydrogen) atoms. The Kier molecular flexibility index (Phi) is 6.43. The summed E-state index contributed by atoms with van der Waals surface area (Å²) in [5.74, 6) is -1.11. The molecule has 1 heterocycles. The molecule has 2 N–H and O–H groups in total. The molecule has 0 spiro atoms. The lowest BCUT2D eigenvalue weighted by molar-refractivity contribution is 0.262. The lowest BCUT2D eigenvalue weighted by Gasteiger charge is -2.11. The number of aryl methyl sites for hydroxylation is 1. The van der Waals surface area contributed by atoms with E-state index < -0.39 is 17.7 Å². The zero-order valence-electron chi connectivity index (χ0n) is 16.2. The van der Waals surface area contributed by atoms with Gasteiger partial charge in [-0.3, -0.25) is 5.32 Å². The Bertz CT molecular complexity index is 1000. The van der Waals surface area contributed by atoms with Gasteiger partial charge in [0, 0.05) is 12.1 Å². The normalized spacial score (nSPS) is 10.6. The summed E-state index contributed by atoms with van der Waals surface area (Å²) >= 11 is 0. The van der Waals surface area contributed by atoms with Gasteiger partial charge in [0.1, 0.15) is 11.6 Å². The number of carbonyl (C=O) groups excluding carboxylic acids is 1. The van der Waals surface area contributed by atoms with E-state index in [1.54, 1.807) is 30.0 Å². The number of carbonyl (C=O) groups is 1. The Morgan fingerprint density at radius 3 is 2.69 bits per heavy atom. The van der Waals surface area contributed by atoms with Gasteiger partial charge >= 0.3 is 6.03 Å². The SMILES string of the molecule is CCCCc1cc(NC(=O)Nc2cccc(F)c2F)n(-c2cccc(OC)c2)n1. The first kappa shape index (κ1) is 20.3. The molecule has 0 saturated heterocycles. The van der Waals surface area contributed by atoms with Crippen molar-refractivity contribution in [2.75, 3.05) is 17.7 Å². The van der Waals surface area contributed by atoms with Crippen molar-refractivity contribution in [1.82, 2.24) is 9.78 Å². The largest absolute Gasteiger partial charge is 0.497 e. The molecule has 2 aromatic carbocycles. The van der Waals surface area contributed by atoms with Crippen LogP contribution in [0.3, 0.4) is 0 Å². The Hall–Kier alpha value is -3.42. The van der Waals surface area contributed by atoms with Crippen molar-refractivity contribution in [1.29, 1.82) is 0 Å². The van der Waals surface area contributed by atoms with Gasteiger partial charge in [0.05, 0.1) is 24.2 Å². The van der Waals surface area contributed by atoms with Crippen LogP contribution in [-0.4, -0.2) is 22.9 Å². The Morgan fingerprint density at radius 2 is 1.93 bits per heavy atom. The van der Waals surface area contributed by atoms with Gasteiger partial charge in [-0.1, -0.05) is 25.5 Å². The lowest BCUT2D eigenvalue weighted by Crippen LogP contribution is -2.22. The average Bonchev–Trinajstić information content (AvgIpc) is 3.12. The number of unbranched alkanes of at least 4 members (excludes halogenated alkanes) is 1. The molecule has 0 radical (unpaired) electrons. The Balaban J connectivity index is 1.87. The molecule has 6 nitrogen and oxygen atoms in total. The first-order valence-corrected chi connectivity index (χ1v) is 9.27. The number of urea groups is 1. The van der Waals surface area contributed by atoms with Crippen molar-refractivity contribution in [2.24, 2.45) is 0 Å². The monoisotopic (exact) mass is 400 g/mol. The maximum Gasteiger partial charge on any atom is 0.324 e. The molecule has 0 aliphatic heterocycles. The van der Waals surface area contributed by atoms with Gasteiger partial charge in [-0.25, -0.2) is 18.3 Å². The van der Waals surface area contributed by atoms with E-state index in [1.807, 2.05) is 12.1 Å². The molecule has 0 unspecified atom stereocenters. The number of amides is 2. The quantitative estimate of drug-likeness (QED) is 0.577. The fraction of sp³-hybridized carbons (Fsp3) is 0.238. The van der Waals surface area contributed by atoms with E-state index in [2.05, 4.69) is 22.7 Å². The molecule has 3 aromatic rings. The van der Waals surface area contributed by atoms with Crippen LogP contribution < -0.4 is 15.4 Å². The second-order valence-corrected chi connectivity index (χ2v) is 6.42. The van der Waals surface area contributed by atoms with E-state index in [9.17, 15) is 13.6 Å². The standard InChI is InChI=1S/C21H22F2N4O2/c1-3-4-7-14-12-19(27(26-14)15-8-5-9-16(13-15)29-2)25-21(28)24-18-11-6-10-17(22)20(18)23/h5-6,8-13H,3-4,7H2,1-2H3,(H2,24,25,28). The number of aromatic nitrogens is 2. The third-order valence-corrected chi connectivity index (χ3v) is 4.29. The first-order valence-electron chi connectivity index (χ1n) is 9.27. The molecule has 0 aliphatic rings. The Morgan fingerprint density at radius 1 is 1.14 bits per heavy atom. The lowest BCUT2D eigenvalue weighted by atomic mass is 10.2. The summed E-state index contributed by atoms with van der Waals surface area (Å²) in [4.78, 5) is 12.4. The second kappa shape index (κ2) is 9.18. The minimum Gasteiger partial charge on any atom is -0.497 e. The maximum absolute atomic E-state index is 13.8. The van der Waals surface area contributed by atoms with Crippen LogP contribution in [0.4, 0.5) is 25.1 Å². The number of nitrogens with zero attached hydrogens (tertiary/aromatic N) is 2. The number of halogens is 2. The summed E-state index contributed by atoms with van der Waals surface area (Å²) in [6.07, 6.45) is 2.71. The number of nitrogens with one attached hydrogen (secondary N) is 2. The third kappa shape index (κ3) is 4.90. The van der Waals surface area contributed by atoms with Crippen molar-refractivity contribution in [3.8, 4) is 11.4 Å². The molecule has 0 fully saturated rings. The predicted octanol–water partition coefficient (Wildman–Crippen LogP) is 5.15. The molecule has 0 bridgehead atoms. The molecular formula is C21H22F2N4O2. The Labute approximate surface area is 167 Å². The van der Waals surface area contributed by atoms with Crippen molar-refractivity contribution < 1.29 is 18.3 Å². The van der Waals surface area contributed by atoms with Gasteiger partial charge in [-0.2, -0.15) is 5.10 Å². The van der Waals surface area contributed by atoms with Crippen LogP contribution in [0.2, 0.25) is 0 Å². The number of hydrogen-bond donors (Lipinski definition) is 2. The van der Waals surface area contributed by atoms with Crippen LogP contribution in [0.25, 0.3) is 5.69 Å². The van der Waals surface area contributed by atoms with Gasteiger partial charge in [0.25, 0.3) is 0 Å². The van der Waals surface area contributed by atoms with E-state index in [0.717, 1.165) is 31.0 Å². The van der Waals surface area contributed by atoms with Gasteiger partial charge in [0.2, 0.25) is 0 Å². The third-order valence-electron chi connectivity index (χ3n) is 4.29. The number of ether oxygens (including phenoxy) is 1. The number of benzene rings is 2.